The minimum atomic E-state index is -0.00874. The van der Waals surface area contributed by atoms with Crippen molar-refractivity contribution >= 4 is 17.7 Å². The van der Waals surface area contributed by atoms with Crippen molar-refractivity contribution in [1.29, 1.82) is 0 Å². The first kappa shape index (κ1) is 14.9. The summed E-state index contributed by atoms with van der Waals surface area (Å²) in [4.78, 5) is 18.4. The Hall–Kier alpha value is -2.01. The summed E-state index contributed by atoms with van der Waals surface area (Å²) in [5, 5.41) is -0.00874. The fourth-order valence-corrected chi connectivity index (χ4v) is 3.87. The minimum Gasteiger partial charge on any atom is -0.496 e. The number of pyridine rings is 1. The van der Waals surface area contributed by atoms with Gasteiger partial charge in [0.2, 0.25) is 5.91 Å². The van der Waals surface area contributed by atoms with E-state index >= 15 is 0 Å². The third-order valence-corrected chi connectivity index (χ3v) is 4.97. The molecule has 0 radical (unpaired) electrons. The smallest absolute Gasteiger partial charge is 0.224 e. The van der Waals surface area contributed by atoms with Crippen LogP contribution in [-0.2, 0) is 11.3 Å². The van der Waals surface area contributed by atoms with E-state index in [-0.39, 0.29) is 11.3 Å². The number of thioether (sulfide) groups is 1. The highest BCUT2D eigenvalue weighted by Gasteiger charge is 2.31. The fraction of sp³-hybridized carbons (Fsp3) is 0.294. The molecule has 4 nitrogen and oxygen atoms in total. The van der Waals surface area contributed by atoms with E-state index in [1.165, 1.54) is 0 Å². The lowest BCUT2D eigenvalue weighted by atomic mass is 10.1. The molecule has 0 aliphatic carbocycles. The normalized spacial score (nSPS) is 18.3. The number of ether oxygens (including phenoxy) is 1. The van der Waals surface area contributed by atoms with Gasteiger partial charge in [-0.25, -0.2) is 0 Å². The van der Waals surface area contributed by atoms with Crippen molar-refractivity contribution in [2.24, 2.45) is 0 Å². The van der Waals surface area contributed by atoms with E-state index < -0.39 is 0 Å². The van der Waals surface area contributed by atoms with E-state index in [0.717, 1.165) is 22.6 Å². The Kier molecular flexibility index (Phi) is 4.63. The summed E-state index contributed by atoms with van der Waals surface area (Å²) in [7, 11) is 1.67. The van der Waals surface area contributed by atoms with Gasteiger partial charge in [-0.3, -0.25) is 9.78 Å². The zero-order valence-electron chi connectivity index (χ0n) is 12.4. The molecule has 114 valence electrons. The molecule has 1 amide bonds. The Labute approximate surface area is 134 Å². The fourth-order valence-electron chi connectivity index (χ4n) is 2.61. The van der Waals surface area contributed by atoms with Gasteiger partial charge in [-0.05, 0) is 23.8 Å². The van der Waals surface area contributed by atoms with Gasteiger partial charge in [-0.2, -0.15) is 0 Å². The molecule has 1 fully saturated rings. The third kappa shape index (κ3) is 3.09. The molecule has 0 spiro atoms. The first-order valence-electron chi connectivity index (χ1n) is 7.22. The molecule has 0 saturated carbocycles. The van der Waals surface area contributed by atoms with Crippen molar-refractivity contribution in [3.05, 3.63) is 59.9 Å². The zero-order valence-corrected chi connectivity index (χ0v) is 13.3. The standard InChI is InChI=1S/C17H18N2O2S/c1-21-15-5-3-2-4-14(15)17-19(16(20)8-11-22-17)12-13-6-9-18-10-7-13/h2-7,9-10,17H,8,11-12H2,1H3. The SMILES string of the molecule is COc1ccccc1C1SCCC(=O)N1Cc1ccncc1. The van der Waals surface area contributed by atoms with Crippen molar-refractivity contribution < 1.29 is 9.53 Å². The Balaban J connectivity index is 1.91. The molecule has 2 heterocycles. The maximum Gasteiger partial charge on any atom is 0.224 e. The average Bonchev–Trinajstić information content (AvgIpc) is 2.57. The highest BCUT2D eigenvalue weighted by atomic mass is 32.2. The molecule has 0 N–H and O–H groups in total. The van der Waals surface area contributed by atoms with Crippen molar-refractivity contribution in [2.45, 2.75) is 18.3 Å². The zero-order chi connectivity index (χ0) is 15.4. The number of benzene rings is 1. The van der Waals surface area contributed by atoms with Gasteiger partial charge in [-0.1, -0.05) is 18.2 Å². The number of hydrogen-bond acceptors (Lipinski definition) is 4. The van der Waals surface area contributed by atoms with Crippen LogP contribution in [0, 0.1) is 0 Å². The van der Waals surface area contributed by atoms with E-state index in [1.807, 2.05) is 41.3 Å². The molecule has 1 saturated heterocycles. The quantitative estimate of drug-likeness (QED) is 0.869. The molecule has 3 rings (SSSR count). The summed E-state index contributed by atoms with van der Waals surface area (Å²) in [6.07, 6.45) is 4.10. The number of aromatic nitrogens is 1. The van der Waals surface area contributed by atoms with Crippen molar-refractivity contribution in [3.8, 4) is 5.75 Å². The van der Waals surface area contributed by atoms with Crippen LogP contribution in [0.3, 0.4) is 0 Å². The molecule has 1 aromatic heterocycles. The van der Waals surface area contributed by atoms with Gasteiger partial charge in [-0.15, -0.1) is 11.8 Å². The largest absolute Gasteiger partial charge is 0.496 e. The van der Waals surface area contributed by atoms with E-state index in [0.29, 0.717) is 13.0 Å². The van der Waals surface area contributed by atoms with Crippen LogP contribution in [0.2, 0.25) is 0 Å². The molecule has 1 unspecified atom stereocenters. The predicted molar refractivity (Wildman–Crippen MR) is 87.6 cm³/mol. The number of amides is 1. The Bertz CT molecular complexity index is 648. The third-order valence-electron chi connectivity index (χ3n) is 3.70. The van der Waals surface area contributed by atoms with Crippen LogP contribution in [0.15, 0.2) is 48.8 Å². The Morgan fingerprint density at radius 1 is 1.27 bits per heavy atom. The van der Waals surface area contributed by atoms with Crippen LogP contribution >= 0.6 is 11.8 Å². The van der Waals surface area contributed by atoms with Gasteiger partial charge in [0.1, 0.15) is 11.1 Å². The average molecular weight is 314 g/mol. The van der Waals surface area contributed by atoms with E-state index in [4.69, 9.17) is 4.74 Å². The van der Waals surface area contributed by atoms with Crippen LogP contribution < -0.4 is 4.74 Å². The van der Waals surface area contributed by atoms with Crippen molar-refractivity contribution in [2.75, 3.05) is 12.9 Å². The summed E-state index contributed by atoms with van der Waals surface area (Å²) in [5.74, 6) is 1.86. The van der Waals surface area contributed by atoms with Crippen LogP contribution in [0.4, 0.5) is 0 Å². The van der Waals surface area contributed by atoms with Gasteiger partial charge in [0.25, 0.3) is 0 Å². The molecular formula is C17H18N2O2S. The van der Waals surface area contributed by atoms with Gasteiger partial charge in [0.05, 0.1) is 7.11 Å². The van der Waals surface area contributed by atoms with Gasteiger partial charge >= 0.3 is 0 Å². The number of nitrogens with zero attached hydrogens (tertiary/aromatic N) is 2. The lowest BCUT2D eigenvalue weighted by molar-refractivity contribution is -0.132. The number of carbonyl (C=O) groups excluding carboxylic acids is 1. The molecule has 1 aromatic carbocycles. The highest BCUT2D eigenvalue weighted by Crippen LogP contribution is 2.41. The number of carbonyl (C=O) groups is 1. The summed E-state index contributed by atoms with van der Waals surface area (Å²) < 4.78 is 5.47. The number of methoxy groups -OCH3 is 1. The second-order valence-electron chi connectivity index (χ2n) is 5.09. The molecule has 1 aliphatic rings. The van der Waals surface area contributed by atoms with Gasteiger partial charge < -0.3 is 9.64 Å². The van der Waals surface area contributed by atoms with Crippen molar-refractivity contribution in [1.82, 2.24) is 9.88 Å². The highest BCUT2D eigenvalue weighted by molar-refractivity contribution is 7.99. The monoisotopic (exact) mass is 314 g/mol. The van der Waals surface area contributed by atoms with Crippen LogP contribution in [0.5, 0.6) is 5.75 Å². The summed E-state index contributed by atoms with van der Waals surface area (Å²) >= 11 is 1.79. The Morgan fingerprint density at radius 3 is 2.82 bits per heavy atom. The van der Waals surface area contributed by atoms with Gasteiger partial charge in [0.15, 0.2) is 0 Å². The lowest BCUT2D eigenvalue weighted by Crippen LogP contribution is -2.36. The maximum absolute atomic E-state index is 12.4. The summed E-state index contributed by atoms with van der Waals surface area (Å²) in [6.45, 7) is 0.594. The first-order valence-corrected chi connectivity index (χ1v) is 8.27. The second kappa shape index (κ2) is 6.83. The van der Waals surface area contributed by atoms with Crippen LogP contribution in [0.1, 0.15) is 22.9 Å². The van der Waals surface area contributed by atoms with E-state index in [9.17, 15) is 4.79 Å². The number of hydrogen-bond donors (Lipinski definition) is 0. The van der Waals surface area contributed by atoms with Crippen molar-refractivity contribution in [3.63, 3.8) is 0 Å². The lowest BCUT2D eigenvalue weighted by Gasteiger charge is -2.36. The molecule has 22 heavy (non-hydrogen) atoms. The number of para-hydroxylation sites is 1. The van der Waals surface area contributed by atoms with Crippen LogP contribution in [-0.4, -0.2) is 28.7 Å². The molecular weight excluding hydrogens is 296 g/mol. The molecule has 5 heteroatoms. The number of rotatable bonds is 4. The Morgan fingerprint density at radius 2 is 2.05 bits per heavy atom. The maximum atomic E-state index is 12.4. The minimum absolute atomic E-state index is 0.00874. The van der Waals surface area contributed by atoms with E-state index in [1.54, 1.807) is 31.3 Å². The topological polar surface area (TPSA) is 42.4 Å². The molecule has 2 aromatic rings. The summed E-state index contributed by atoms with van der Waals surface area (Å²) in [6, 6.07) is 11.8. The summed E-state index contributed by atoms with van der Waals surface area (Å²) in [5.41, 5.74) is 2.14. The first-order chi connectivity index (χ1) is 10.8. The van der Waals surface area contributed by atoms with Crippen LogP contribution in [0.25, 0.3) is 0 Å². The second-order valence-corrected chi connectivity index (χ2v) is 6.28. The van der Waals surface area contributed by atoms with E-state index in [2.05, 4.69) is 4.98 Å². The van der Waals surface area contributed by atoms with Gasteiger partial charge in [0, 0.05) is 36.7 Å². The molecule has 1 aliphatic heterocycles. The molecule has 0 bridgehead atoms. The molecule has 1 atom stereocenters. The predicted octanol–water partition coefficient (Wildman–Crippen LogP) is 3.25.